The molecule has 1 heterocycles. The zero-order chi connectivity index (χ0) is 11.3. The molecule has 0 amide bonds. The topological polar surface area (TPSA) is 24.9 Å². The highest BCUT2D eigenvalue weighted by molar-refractivity contribution is 5.24. The quantitative estimate of drug-likeness (QED) is 0.800. The number of nitrogens with one attached hydrogen (secondary N) is 1. The lowest BCUT2D eigenvalue weighted by Crippen LogP contribution is -2.21. The smallest absolute Gasteiger partial charge is 0.0318 e. The van der Waals surface area contributed by atoms with Gasteiger partial charge in [0.25, 0.3) is 0 Å². The molecule has 0 fully saturated rings. The lowest BCUT2D eigenvalue weighted by molar-refractivity contribution is 0.495. The van der Waals surface area contributed by atoms with E-state index in [1.165, 1.54) is 17.5 Å². The molecule has 0 saturated heterocycles. The van der Waals surface area contributed by atoms with E-state index in [1.807, 2.05) is 12.4 Å². The molecule has 1 atom stereocenters. The second-order valence-corrected chi connectivity index (χ2v) is 4.59. The Labute approximate surface area is 93.1 Å². The third kappa shape index (κ3) is 4.00. The normalized spacial score (nSPS) is 13.1. The molecule has 0 aliphatic rings. The highest BCUT2D eigenvalue weighted by Crippen LogP contribution is 2.15. The van der Waals surface area contributed by atoms with Crippen molar-refractivity contribution in [3.05, 3.63) is 29.6 Å². The number of pyridine rings is 1. The monoisotopic (exact) mass is 206 g/mol. The van der Waals surface area contributed by atoms with Crippen LogP contribution in [0.1, 0.15) is 44.4 Å². The van der Waals surface area contributed by atoms with Gasteiger partial charge in [0, 0.05) is 18.4 Å². The van der Waals surface area contributed by atoms with E-state index in [9.17, 15) is 0 Å². The summed E-state index contributed by atoms with van der Waals surface area (Å²) in [6.45, 7) is 9.92. The average Bonchev–Trinajstić information content (AvgIpc) is 2.17. The SMILES string of the molecule is Cc1ccncc1C(C)NCCC(C)C. The van der Waals surface area contributed by atoms with Gasteiger partial charge in [0.15, 0.2) is 0 Å². The maximum absolute atomic E-state index is 4.17. The number of aromatic nitrogens is 1. The van der Waals surface area contributed by atoms with Gasteiger partial charge >= 0.3 is 0 Å². The van der Waals surface area contributed by atoms with Gasteiger partial charge in [-0.3, -0.25) is 4.98 Å². The van der Waals surface area contributed by atoms with Gasteiger partial charge < -0.3 is 5.32 Å². The predicted octanol–water partition coefficient (Wildman–Crippen LogP) is 3.09. The van der Waals surface area contributed by atoms with E-state index >= 15 is 0 Å². The molecule has 1 N–H and O–H groups in total. The summed E-state index contributed by atoms with van der Waals surface area (Å²) in [6.07, 6.45) is 5.03. The molecule has 2 heteroatoms. The molecule has 1 rings (SSSR count). The van der Waals surface area contributed by atoms with Crippen LogP contribution in [0.25, 0.3) is 0 Å². The lowest BCUT2D eigenvalue weighted by Gasteiger charge is -2.16. The molecule has 0 aliphatic carbocycles. The summed E-state index contributed by atoms with van der Waals surface area (Å²) in [7, 11) is 0. The summed E-state index contributed by atoms with van der Waals surface area (Å²) < 4.78 is 0. The number of rotatable bonds is 5. The Hall–Kier alpha value is -0.890. The van der Waals surface area contributed by atoms with E-state index in [0.29, 0.717) is 6.04 Å². The van der Waals surface area contributed by atoms with E-state index in [0.717, 1.165) is 12.5 Å². The van der Waals surface area contributed by atoms with Gasteiger partial charge in [-0.15, -0.1) is 0 Å². The molecule has 0 aliphatic heterocycles. The van der Waals surface area contributed by atoms with Gasteiger partial charge in [-0.1, -0.05) is 13.8 Å². The standard InChI is InChI=1S/C13H22N2/c1-10(2)5-8-15-12(4)13-9-14-7-6-11(13)3/h6-7,9-10,12,15H,5,8H2,1-4H3. The first-order chi connectivity index (χ1) is 7.11. The Morgan fingerprint density at radius 3 is 2.67 bits per heavy atom. The zero-order valence-corrected chi connectivity index (χ0v) is 10.2. The third-order valence-corrected chi connectivity index (χ3v) is 2.72. The number of hydrogen-bond acceptors (Lipinski definition) is 2. The van der Waals surface area contributed by atoms with Gasteiger partial charge in [0.2, 0.25) is 0 Å². The van der Waals surface area contributed by atoms with Crippen molar-refractivity contribution in [2.24, 2.45) is 5.92 Å². The molecule has 0 spiro atoms. The molecule has 0 radical (unpaired) electrons. The fraction of sp³-hybridized carbons (Fsp3) is 0.615. The fourth-order valence-corrected chi connectivity index (χ4v) is 1.63. The van der Waals surface area contributed by atoms with Crippen LogP contribution in [0.3, 0.4) is 0 Å². The highest BCUT2D eigenvalue weighted by atomic mass is 14.9. The van der Waals surface area contributed by atoms with E-state index in [1.54, 1.807) is 0 Å². The molecule has 15 heavy (non-hydrogen) atoms. The third-order valence-electron chi connectivity index (χ3n) is 2.72. The number of hydrogen-bond donors (Lipinski definition) is 1. The molecule has 1 unspecified atom stereocenters. The maximum atomic E-state index is 4.17. The van der Waals surface area contributed by atoms with Crippen molar-refractivity contribution < 1.29 is 0 Å². The van der Waals surface area contributed by atoms with Gasteiger partial charge in [-0.05, 0) is 49.9 Å². The van der Waals surface area contributed by atoms with Crippen molar-refractivity contribution in [1.29, 1.82) is 0 Å². The summed E-state index contributed by atoms with van der Waals surface area (Å²) >= 11 is 0. The Balaban J connectivity index is 2.47. The van der Waals surface area contributed by atoms with E-state index in [2.05, 4.69) is 44.1 Å². The molecule has 0 aromatic carbocycles. The predicted molar refractivity (Wildman–Crippen MR) is 64.8 cm³/mol. The summed E-state index contributed by atoms with van der Waals surface area (Å²) in [4.78, 5) is 4.17. The molecule has 1 aromatic rings. The van der Waals surface area contributed by atoms with Crippen LogP contribution < -0.4 is 5.32 Å². The van der Waals surface area contributed by atoms with Crippen LogP contribution in [0.4, 0.5) is 0 Å². The molecule has 84 valence electrons. The summed E-state index contributed by atoms with van der Waals surface area (Å²) in [5, 5.41) is 3.53. The fourth-order valence-electron chi connectivity index (χ4n) is 1.63. The maximum Gasteiger partial charge on any atom is 0.0318 e. The summed E-state index contributed by atoms with van der Waals surface area (Å²) in [6, 6.07) is 2.47. The highest BCUT2D eigenvalue weighted by Gasteiger charge is 2.07. The lowest BCUT2D eigenvalue weighted by atomic mass is 10.0. The van der Waals surface area contributed by atoms with Crippen molar-refractivity contribution in [3.8, 4) is 0 Å². The Kier molecular flexibility index (Phi) is 4.76. The van der Waals surface area contributed by atoms with Gasteiger partial charge in [-0.2, -0.15) is 0 Å². The molecule has 0 bridgehead atoms. The number of nitrogens with zero attached hydrogens (tertiary/aromatic N) is 1. The minimum Gasteiger partial charge on any atom is -0.310 e. The first kappa shape index (κ1) is 12.2. The van der Waals surface area contributed by atoms with Crippen molar-refractivity contribution in [2.75, 3.05) is 6.54 Å². The van der Waals surface area contributed by atoms with Gasteiger partial charge in [0.1, 0.15) is 0 Å². The van der Waals surface area contributed by atoms with E-state index < -0.39 is 0 Å². The average molecular weight is 206 g/mol. The first-order valence-corrected chi connectivity index (χ1v) is 5.75. The Bertz CT molecular complexity index is 294. The largest absolute Gasteiger partial charge is 0.310 e. The molecule has 1 aromatic heterocycles. The van der Waals surface area contributed by atoms with Crippen molar-refractivity contribution in [1.82, 2.24) is 10.3 Å². The minimum atomic E-state index is 0.400. The van der Waals surface area contributed by atoms with Crippen molar-refractivity contribution >= 4 is 0 Å². The molecular weight excluding hydrogens is 184 g/mol. The second kappa shape index (κ2) is 5.86. The molecular formula is C13H22N2. The van der Waals surface area contributed by atoms with Crippen LogP contribution in [0, 0.1) is 12.8 Å². The summed E-state index contributed by atoms with van der Waals surface area (Å²) in [5.41, 5.74) is 2.62. The zero-order valence-electron chi connectivity index (χ0n) is 10.2. The van der Waals surface area contributed by atoms with Gasteiger partial charge in [-0.25, -0.2) is 0 Å². The van der Waals surface area contributed by atoms with Crippen LogP contribution >= 0.6 is 0 Å². The Morgan fingerprint density at radius 2 is 2.07 bits per heavy atom. The first-order valence-electron chi connectivity index (χ1n) is 5.75. The van der Waals surface area contributed by atoms with Crippen molar-refractivity contribution in [2.45, 2.75) is 40.2 Å². The Morgan fingerprint density at radius 1 is 1.33 bits per heavy atom. The van der Waals surface area contributed by atoms with E-state index in [4.69, 9.17) is 0 Å². The van der Waals surface area contributed by atoms with Crippen LogP contribution in [0.5, 0.6) is 0 Å². The van der Waals surface area contributed by atoms with Crippen LogP contribution in [0.15, 0.2) is 18.5 Å². The van der Waals surface area contributed by atoms with Crippen molar-refractivity contribution in [3.63, 3.8) is 0 Å². The number of aryl methyl sites for hydroxylation is 1. The molecule has 2 nitrogen and oxygen atoms in total. The van der Waals surface area contributed by atoms with Gasteiger partial charge in [0.05, 0.1) is 0 Å². The van der Waals surface area contributed by atoms with Crippen LogP contribution in [-0.2, 0) is 0 Å². The van der Waals surface area contributed by atoms with Crippen LogP contribution in [0.2, 0.25) is 0 Å². The minimum absolute atomic E-state index is 0.400. The molecule has 0 saturated carbocycles. The van der Waals surface area contributed by atoms with Crippen LogP contribution in [-0.4, -0.2) is 11.5 Å². The summed E-state index contributed by atoms with van der Waals surface area (Å²) in [5.74, 6) is 0.764. The van der Waals surface area contributed by atoms with E-state index in [-0.39, 0.29) is 0 Å². The second-order valence-electron chi connectivity index (χ2n) is 4.59.